The number of pyridine rings is 1. The summed E-state index contributed by atoms with van der Waals surface area (Å²) in [6, 6.07) is 3.94. The van der Waals surface area contributed by atoms with E-state index in [-0.39, 0.29) is 56.6 Å². The first-order chi connectivity index (χ1) is 21.6. The van der Waals surface area contributed by atoms with Gasteiger partial charge in [0.15, 0.2) is 52.4 Å². The van der Waals surface area contributed by atoms with Crippen molar-refractivity contribution in [2.75, 3.05) is 0 Å². The molecule has 2 aliphatic rings. The number of esters is 1. The van der Waals surface area contributed by atoms with E-state index < -0.39 is 80.5 Å². The number of hydrogen-bond donors (Lipinski definition) is 3. The number of ether oxygens (including phenoxy) is 1. The molecule has 2 aliphatic carbocycles. The highest BCUT2D eigenvalue weighted by Gasteiger charge is 2.44. The van der Waals surface area contributed by atoms with E-state index in [4.69, 9.17) is 4.74 Å². The van der Waals surface area contributed by atoms with Crippen molar-refractivity contribution in [3.8, 4) is 23.0 Å². The Balaban J connectivity index is 1.73. The molecule has 46 heavy (non-hydrogen) atoms. The van der Waals surface area contributed by atoms with Crippen LogP contribution in [-0.2, 0) is 0 Å². The topological polar surface area (TPSA) is 185 Å². The zero-order valence-electron chi connectivity index (χ0n) is 25.8. The van der Waals surface area contributed by atoms with Crippen molar-refractivity contribution in [1.29, 1.82) is 0 Å². The van der Waals surface area contributed by atoms with Crippen LogP contribution in [0.5, 0.6) is 23.0 Å². The van der Waals surface area contributed by atoms with Gasteiger partial charge in [-0.1, -0.05) is 27.7 Å². The molecule has 0 amide bonds. The van der Waals surface area contributed by atoms with Crippen LogP contribution >= 0.6 is 0 Å². The summed E-state index contributed by atoms with van der Waals surface area (Å²) >= 11 is 0. The molecule has 1 heterocycles. The van der Waals surface area contributed by atoms with Crippen molar-refractivity contribution >= 4 is 35.4 Å². The normalized spacial score (nSPS) is 14.7. The Morgan fingerprint density at radius 3 is 1.93 bits per heavy atom. The summed E-state index contributed by atoms with van der Waals surface area (Å²) in [5.74, 6) is -7.84. The fourth-order valence-electron chi connectivity index (χ4n) is 6.10. The van der Waals surface area contributed by atoms with E-state index >= 15 is 0 Å². The van der Waals surface area contributed by atoms with Crippen molar-refractivity contribution in [2.45, 2.75) is 53.4 Å². The number of carbonyl (C=O) groups excluding carboxylic acids is 6. The lowest BCUT2D eigenvalue weighted by Crippen LogP contribution is -2.31. The van der Waals surface area contributed by atoms with Crippen LogP contribution in [0.2, 0.25) is 0 Å². The van der Waals surface area contributed by atoms with Crippen LogP contribution in [0.25, 0.3) is 0 Å². The number of aromatic nitrogens is 1. The molecule has 234 valence electrons. The number of phenolic OH excluding ortho intramolecular Hbond substituents is 3. The number of carbonyl (C=O) groups is 6. The molecule has 0 saturated heterocycles. The van der Waals surface area contributed by atoms with Gasteiger partial charge in [-0.2, -0.15) is 0 Å². The van der Waals surface area contributed by atoms with Gasteiger partial charge in [-0.05, 0) is 43.9 Å². The quantitative estimate of drug-likeness (QED) is 0.135. The number of Topliss-reactive ketones (excluding diaryl/α,β-unsaturated/α-hetero) is 4. The van der Waals surface area contributed by atoms with Gasteiger partial charge in [0, 0.05) is 68.1 Å². The third-order valence-electron chi connectivity index (χ3n) is 8.25. The molecule has 0 aliphatic heterocycles. The maximum Gasteiger partial charge on any atom is 0.345 e. The number of benzene rings is 2. The summed E-state index contributed by atoms with van der Waals surface area (Å²) in [6.07, 6.45) is 2.85. The van der Waals surface area contributed by atoms with Gasteiger partial charge in [-0.3, -0.25) is 29.0 Å². The third-order valence-corrected chi connectivity index (χ3v) is 8.25. The Labute approximate surface area is 262 Å². The van der Waals surface area contributed by atoms with Gasteiger partial charge in [0.25, 0.3) is 0 Å². The summed E-state index contributed by atoms with van der Waals surface area (Å²) < 4.78 is 5.52. The molecule has 11 nitrogen and oxygen atoms in total. The Bertz CT molecular complexity index is 2010. The Morgan fingerprint density at radius 1 is 0.804 bits per heavy atom. The third kappa shape index (κ3) is 4.54. The largest absolute Gasteiger partial charge is 0.504 e. The molecular formula is C35H29NO10. The van der Waals surface area contributed by atoms with Gasteiger partial charge in [0.2, 0.25) is 0 Å². The van der Waals surface area contributed by atoms with E-state index in [0.29, 0.717) is 0 Å². The van der Waals surface area contributed by atoms with Crippen LogP contribution in [0.15, 0.2) is 52.9 Å². The summed E-state index contributed by atoms with van der Waals surface area (Å²) in [7, 11) is 0. The van der Waals surface area contributed by atoms with Crippen LogP contribution < -0.4 is 4.74 Å². The first-order valence-electron chi connectivity index (χ1n) is 14.3. The molecule has 0 atom stereocenters. The van der Waals surface area contributed by atoms with E-state index in [0.717, 1.165) is 6.07 Å². The molecular weight excluding hydrogens is 594 g/mol. The summed E-state index contributed by atoms with van der Waals surface area (Å²) in [4.78, 5) is 85.2. The lowest BCUT2D eigenvalue weighted by atomic mass is 9.71. The predicted molar refractivity (Wildman–Crippen MR) is 163 cm³/mol. The van der Waals surface area contributed by atoms with Gasteiger partial charge in [0.1, 0.15) is 0 Å². The lowest BCUT2D eigenvalue weighted by Gasteiger charge is -2.29. The van der Waals surface area contributed by atoms with Gasteiger partial charge < -0.3 is 20.1 Å². The van der Waals surface area contributed by atoms with E-state index in [1.807, 2.05) is 0 Å². The molecule has 0 spiro atoms. The van der Waals surface area contributed by atoms with Crippen LogP contribution in [0.3, 0.4) is 0 Å². The number of allylic oxidation sites excluding steroid dienone is 4. The first-order valence-corrected chi connectivity index (χ1v) is 14.3. The van der Waals surface area contributed by atoms with Crippen molar-refractivity contribution in [3.63, 3.8) is 0 Å². The number of nitrogens with zero attached hydrogens (tertiary/aromatic N) is 1. The number of ketones is 4. The fraction of sp³-hybridized carbons (Fsp3) is 0.229. The van der Waals surface area contributed by atoms with Crippen molar-refractivity contribution in [3.05, 3.63) is 97.4 Å². The van der Waals surface area contributed by atoms with Crippen molar-refractivity contribution in [1.82, 2.24) is 4.98 Å². The monoisotopic (exact) mass is 623 g/mol. The molecule has 0 fully saturated rings. The molecule has 2 aromatic carbocycles. The van der Waals surface area contributed by atoms with Gasteiger partial charge >= 0.3 is 5.97 Å². The average molecular weight is 624 g/mol. The highest BCUT2D eigenvalue weighted by Crippen LogP contribution is 2.48. The molecule has 3 aromatic rings. The zero-order chi connectivity index (χ0) is 33.9. The Hall–Kier alpha value is -5.71. The Kier molecular flexibility index (Phi) is 7.81. The number of rotatable bonds is 6. The second-order valence-corrected chi connectivity index (χ2v) is 11.7. The van der Waals surface area contributed by atoms with Crippen LogP contribution in [-0.4, -0.2) is 55.7 Å². The molecule has 0 saturated carbocycles. The van der Waals surface area contributed by atoms with Crippen LogP contribution in [0, 0.1) is 0 Å². The van der Waals surface area contributed by atoms with E-state index in [2.05, 4.69) is 4.98 Å². The fourth-order valence-corrected chi connectivity index (χ4v) is 6.10. The van der Waals surface area contributed by atoms with Crippen molar-refractivity contribution < 1.29 is 48.8 Å². The van der Waals surface area contributed by atoms with Gasteiger partial charge in [-0.15, -0.1) is 0 Å². The Morgan fingerprint density at radius 2 is 1.39 bits per heavy atom. The second kappa shape index (κ2) is 11.3. The highest BCUT2D eigenvalue weighted by molar-refractivity contribution is 6.38. The van der Waals surface area contributed by atoms with Crippen molar-refractivity contribution in [2.24, 2.45) is 0 Å². The molecule has 0 unspecified atom stereocenters. The van der Waals surface area contributed by atoms with Gasteiger partial charge in [-0.25, -0.2) is 4.79 Å². The van der Waals surface area contributed by atoms with E-state index in [9.17, 15) is 44.1 Å². The number of fused-ring (bicyclic) bond motifs is 2. The smallest absolute Gasteiger partial charge is 0.345 e. The molecule has 5 rings (SSSR count). The predicted octanol–water partition coefficient (Wildman–Crippen LogP) is 5.57. The maximum absolute atomic E-state index is 14.2. The van der Waals surface area contributed by atoms with Gasteiger partial charge in [0.05, 0.1) is 11.1 Å². The minimum Gasteiger partial charge on any atom is -0.504 e. The number of aldehydes is 1. The minimum atomic E-state index is -0.972. The zero-order valence-corrected chi connectivity index (χ0v) is 25.8. The summed E-state index contributed by atoms with van der Waals surface area (Å²) in [5.41, 5.74) is -2.98. The second-order valence-electron chi connectivity index (χ2n) is 11.7. The summed E-state index contributed by atoms with van der Waals surface area (Å²) in [6.45, 7) is 9.18. The number of phenols is 3. The molecule has 11 heteroatoms. The standard InChI is InChI=1S/C35H29NO10/c1-13(2)21-27-26(19(12-37)31(42)33(21)44)32(43)24(16(6)29(27)40)23-15(5)28(39)25-18(30(23)41)10-20(38)34(22(25)14(3)4)46-35(45)17-8-7-9-36-11-17/h7-14,38,42,44H,1-6H3. The number of hydrogen-bond acceptors (Lipinski definition) is 11. The average Bonchev–Trinajstić information content (AvgIpc) is 3.01. The molecule has 3 N–H and O–H groups in total. The van der Waals surface area contributed by atoms with Crippen LogP contribution in [0.4, 0.5) is 0 Å². The molecule has 0 radical (unpaired) electrons. The molecule has 0 bridgehead atoms. The first kappa shape index (κ1) is 31.7. The van der Waals surface area contributed by atoms with E-state index in [1.54, 1.807) is 27.7 Å². The summed E-state index contributed by atoms with van der Waals surface area (Å²) in [5, 5.41) is 32.3. The minimum absolute atomic E-state index is 0.0446. The maximum atomic E-state index is 14.2. The highest BCUT2D eigenvalue weighted by atomic mass is 16.5. The lowest BCUT2D eigenvalue weighted by molar-refractivity contribution is 0.0725. The van der Waals surface area contributed by atoms with E-state index in [1.165, 1.54) is 38.4 Å². The number of aromatic hydroxyl groups is 3. The SMILES string of the molecule is CC1=C(C2=C(C)C(=O)c3c(c(C=O)c(O)c(O)c3C(C)C)C2=O)C(=O)c2cc(O)c(OC(=O)c3cccnc3)c(C(C)C)c2C1=O. The molecule has 1 aromatic heterocycles. The van der Waals surface area contributed by atoms with Crippen LogP contribution in [0.1, 0.15) is 127 Å².